The molecule has 5 aliphatic carbocycles. The molecular formula is C31H68. The van der Waals surface area contributed by atoms with Gasteiger partial charge in [-0.05, 0) is 104 Å². The summed E-state index contributed by atoms with van der Waals surface area (Å²) in [6.45, 7) is 18.7. The van der Waals surface area contributed by atoms with Crippen molar-refractivity contribution in [1.29, 1.82) is 0 Å². The molecule has 192 valence electrons. The Bertz CT molecular complexity index is 366. The zero-order valence-corrected chi connectivity index (χ0v) is 20.2. The van der Waals surface area contributed by atoms with Crippen molar-refractivity contribution >= 4 is 0 Å². The molecule has 0 heterocycles. The van der Waals surface area contributed by atoms with Gasteiger partial charge in [-0.1, -0.05) is 97.9 Å². The molecule has 5 rings (SSSR count). The lowest BCUT2D eigenvalue weighted by Crippen LogP contribution is -2.45. The van der Waals surface area contributed by atoms with Gasteiger partial charge in [0.15, 0.2) is 0 Å². The first-order chi connectivity index (χ1) is 12.6. The van der Waals surface area contributed by atoms with E-state index in [-0.39, 0.29) is 29.7 Å². The van der Waals surface area contributed by atoms with Crippen LogP contribution in [0.3, 0.4) is 0 Å². The van der Waals surface area contributed by atoms with E-state index in [0.29, 0.717) is 0 Å². The smallest absolute Gasteiger partial charge is 0.0287 e. The lowest BCUT2D eigenvalue weighted by Gasteiger charge is -2.56. The quantitative estimate of drug-likeness (QED) is 0.351. The molecule has 31 heavy (non-hydrogen) atoms. The van der Waals surface area contributed by atoms with E-state index in [0.717, 1.165) is 52.8 Å². The minimum atomic E-state index is 0. The van der Waals surface area contributed by atoms with Crippen LogP contribution in [-0.2, 0) is 0 Å². The van der Waals surface area contributed by atoms with Crippen molar-refractivity contribution in [2.45, 2.75) is 149 Å². The summed E-state index contributed by atoms with van der Waals surface area (Å²) in [6.07, 6.45) is 15.0. The average molecular weight is 441 g/mol. The summed E-state index contributed by atoms with van der Waals surface area (Å²) in [5, 5.41) is 0. The summed E-state index contributed by atoms with van der Waals surface area (Å²) in [5.41, 5.74) is 0.888. The minimum absolute atomic E-state index is 0. The summed E-state index contributed by atoms with van der Waals surface area (Å²) in [6, 6.07) is 0. The van der Waals surface area contributed by atoms with Crippen LogP contribution in [0.5, 0.6) is 0 Å². The maximum absolute atomic E-state index is 2.38. The topological polar surface area (TPSA) is 0 Å². The molecule has 5 saturated carbocycles. The van der Waals surface area contributed by atoms with Crippen LogP contribution in [0, 0.1) is 52.8 Å². The fourth-order valence-corrected chi connectivity index (χ4v) is 6.47. The largest absolute Gasteiger partial charge is 0.0776 e. The number of rotatable bonds is 0. The molecule has 0 saturated heterocycles. The molecule has 5 aliphatic rings. The maximum atomic E-state index is 2.38. The summed E-state index contributed by atoms with van der Waals surface area (Å²) in [7, 11) is 0. The highest BCUT2D eigenvalue weighted by Gasteiger charge is 2.49. The van der Waals surface area contributed by atoms with Gasteiger partial charge in [-0.2, -0.15) is 0 Å². The van der Waals surface area contributed by atoms with Gasteiger partial charge in [-0.25, -0.2) is 0 Å². The Balaban J connectivity index is -0.000000330. The fourth-order valence-electron chi connectivity index (χ4n) is 6.47. The predicted octanol–water partition coefficient (Wildman–Crippen LogP) is 11.5. The van der Waals surface area contributed by atoms with Crippen molar-refractivity contribution in [2.24, 2.45) is 52.8 Å². The molecule has 0 aromatic rings. The molecular weight excluding hydrogens is 372 g/mol. The van der Waals surface area contributed by atoms with E-state index >= 15 is 0 Å². The lowest BCUT2D eigenvalue weighted by atomic mass is 9.49. The van der Waals surface area contributed by atoms with Gasteiger partial charge in [0, 0.05) is 0 Å². The first-order valence-corrected chi connectivity index (χ1v) is 12.6. The molecule has 0 heteroatoms. The highest BCUT2D eigenvalue weighted by atomic mass is 14.5. The third-order valence-corrected chi connectivity index (χ3v) is 8.20. The van der Waals surface area contributed by atoms with Crippen LogP contribution < -0.4 is 0 Å². The Hall–Kier alpha value is 0. The molecule has 0 amide bonds. The first-order valence-electron chi connectivity index (χ1n) is 12.6. The van der Waals surface area contributed by atoms with E-state index in [9.17, 15) is 0 Å². The van der Waals surface area contributed by atoms with E-state index in [1.165, 1.54) is 64.2 Å². The lowest BCUT2D eigenvalue weighted by molar-refractivity contribution is -0.0549. The van der Waals surface area contributed by atoms with Crippen LogP contribution >= 0.6 is 0 Å². The monoisotopic (exact) mass is 441 g/mol. The standard InChI is InChI=1S/C9H16.C7H14.C6H12.C5H10.4CH4/c1-7-3-9(4-7)5-8(2)6-9;1-6-3-4-7(2)5-6;1-5-3-6(2)4-5;1-4-3-5(4)2;;;;/h7-8H,3-6H2,1-2H3;6-7H,3-5H2,1-2H3;5-6H,3-4H2,1-2H3;4-5H,3H2,1-2H3;4*1H4. The molecule has 0 nitrogen and oxygen atoms in total. The maximum Gasteiger partial charge on any atom is -0.0287 e. The van der Waals surface area contributed by atoms with Crippen LogP contribution in [0.4, 0.5) is 0 Å². The molecule has 0 aliphatic heterocycles. The molecule has 5 fully saturated rings. The van der Waals surface area contributed by atoms with Gasteiger partial charge in [-0.3, -0.25) is 0 Å². The zero-order chi connectivity index (χ0) is 20.2. The highest BCUT2D eigenvalue weighted by molar-refractivity contribution is 5.00. The van der Waals surface area contributed by atoms with E-state index < -0.39 is 0 Å². The zero-order valence-electron chi connectivity index (χ0n) is 20.2. The second kappa shape index (κ2) is 15.8. The third kappa shape index (κ3) is 12.7. The summed E-state index contributed by atoms with van der Waals surface area (Å²) in [5.74, 6) is 8.34. The normalized spacial score (nSPS) is 42.6. The van der Waals surface area contributed by atoms with Crippen molar-refractivity contribution in [3.05, 3.63) is 0 Å². The SMILES string of the molecule is C.C.C.C.CC1CC(C)C1.CC1CC1C.CC1CC2(C1)CC(C)C2.CC1CCC(C)C1. The summed E-state index contributed by atoms with van der Waals surface area (Å²) < 4.78 is 0. The van der Waals surface area contributed by atoms with Crippen LogP contribution in [0.2, 0.25) is 0 Å². The Morgan fingerprint density at radius 1 is 0.387 bits per heavy atom. The summed E-state index contributed by atoms with van der Waals surface area (Å²) in [4.78, 5) is 0. The van der Waals surface area contributed by atoms with Crippen LogP contribution in [0.15, 0.2) is 0 Å². The second-order valence-corrected chi connectivity index (χ2v) is 12.4. The van der Waals surface area contributed by atoms with Gasteiger partial charge >= 0.3 is 0 Å². The molecule has 1 spiro atoms. The molecule has 0 bridgehead atoms. The van der Waals surface area contributed by atoms with E-state index in [1.54, 1.807) is 0 Å². The van der Waals surface area contributed by atoms with Gasteiger partial charge in [0.25, 0.3) is 0 Å². The van der Waals surface area contributed by atoms with Gasteiger partial charge in [0.1, 0.15) is 0 Å². The van der Waals surface area contributed by atoms with Crippen molar-refractivity contribution in [2.75, 3.05) is 0 Å². The van der Waals surface area contributed by atoms with Crippen LogP contribution in [-0.4, -0.2) is 0 Å². The minimum Gasteiger partial charge on any atom is -0.0776 e. The Kier molecular flexibility index (Phi) is 18.1. The number of hydrogen-bond donors (Lipinski definition) is 0. The fraction of sp³-hybridized carbons (Fsp3) is 1.00. The Morgan fingerprint density at radius 3 is 0.742 bits per heavy atom. The van der Waals surface area contributed by atoms with Gasteiger partial charge < -0.3 is 0 Å². The molecule has 4 atom stereocenters. The predicted molar refractivity (Wildman–Crippen MR) is 149 cm³/mol. The van der Waals surface area contributed by atoms with Crippen molar-refractivity contribution in [3.63, 3.8) is 0 Å². The van der Waals surface area contributed by atoms with Crippen LogP contribution in [0.25, 0.3) is 0 Å². The van der Waals surface area contributed by atoms with Crippen molar-refractivity contribution in [3.8, 4) is 0 Å². The molecule has 0 radical (unpaired) electrons. The highest BCUT2D eigenvalue weighted by Crippen LogP contribution is 2.60. The van der Waals surface area contributed by atoms with Crippen LogP contribution in [0.1, 0.15) is 149 Å². The molecule has 0 aromatic carbocycles. The van der Waals surface area contributed by atoms with Crippen molar-refractivity contribution in [1.82, 2.24) is 0 Å². The van der Waals surface area contributed by atoms with Gasteiger partial charge in [0.05, 0.1) is 0 Å². The third-order valence-electron chi connectivity index (χ3n) is 8.20. The second-order valence-electron chi connectivity index (χ2n) is 12.4. The summed E-state index contributed by atoms with van der Waals surface area (Å²) >= 11 is 0. The van der Waals surface area contributed by atoms with Gasteiger partial charge in [0.2, 0.25) is 0 Å². The Morgan fingerprint density at radius 2 is 0.645 bits per heavy atom. The van der Waals surface area contributed by atoms with Crippen molar-refractivity contribution < 1.29 is 0 Å². The first kappa shape index (κ1) is 35.6. The van der Waals surface area contributed by atoms with Gasteiger partial charge in [-0.15, -0.1) is 0 Å². The Labute approximate surface area is 202 Å². The molecule has 0 N–H and O–H groups in total. The average Bonchev–Trinajstić information content (AvgIpc) is 2.98. The molecule has 0 aromatic heterocycles. The molecule has 4 unspecified atom stereocenters. The van der Waals surface area contributed by atoms with E-state index in [2.05, 4.69) is 55.4 Å². The van der Waals surface area contributed by atoms with E-state index in [4.69, 9.17) is 0 Å². The number of hydrogen-bond acceptors (Lipinski definition) is 0. The van der Waals surface area contributed by atoms with E-state index in [1.807, 2.05) is 0 Å².